The molecule has 2 atom stereocenters. The van der Waals surface area contributed by atoms with Crippen LogP contribution < -0.4 is 0 Å². The third-order valence-corrected chi connectivity index (χ3v) is 4.66. The zero-order valence-corrected chi connectivity index (χ0v) is 11.6. The molecule has 1 saturated heterocycles. The normalized spacial score (nSPS) is 29.4. The maximum absolute atomic E-state index is 11.6. The van der Waals surface area contributed by atoms with Crippen molar-refractivity contribution in [3.05, 3.63) is 0 Å². The van der Waals surface area contributed by atoms with E-state index >= 15 is 0 Å². The summed E-state index contributed by atoms with van der Waals surface area (Å²) in [4.78, 5) is 11.6. The van der Waals surface area contributed by atoms with Crippen LogP contribution in [0.5, 0.6) is 0 Å². The van der Waals surface area contributed by atoms with Gasteiger partial charge in [-0.2, -0.15) is 0 Å². The van der Waals surface area contributed by atoms with E-state index in [-0.39, 0.29) is 0 Å². The second-order valence-corrected chi connectivity index (χ2v) is 6.15. The molecule has 2 fully saturated rings. The van der Waals surface area contributed by atoms with Crippen molar-refractivity contribution < 1.29 is 19.7 Å². The Morgan fingerprint density at radius 1 is 1.05 bits per heavy atom. The molecule has 0 aromatic heterocycles. The van der Waals surface area contributed by atoms with Crippen molar-refractivity contribution in [2.75, 3.05) is 6.61 Å². The van der Waals surface area contributed by atoms with Crippen LogP contribution in [0.4, 0.5) is 0 Å². The fraction of sp³-hybridized carbons (Fsp3) is 0.933. The summed E-state index contributed by atoms with van der Waals surface area (Å²) in [5, 5.41) is 20.1. The van der Waals surface area contributed by atoms with E-state index in [4.69, 9.17) is 4.74 Å². The van der Waals surface area contributed by atoms with E-state index in [0.717, 1.165) is 38.5 Å². The topological polar surface area (TPSA) is 66.8 Å². The molecule has 2 rings (SSSR count). The summed E-state index contributed by atoms with van der Waals surface area (Å²) < 4.78 is 5.55. The lowest BCUT2D eigenvalue weighted by Crippen LogP contribution is -2.53. The summed E-state index contributed by atoms with van der Waals surface area (Å²) in [5.74, 6) is -0.780. The fourth-order valence-corrected chi connectivity index (χ4v) is 3.48. The van der Waals surface area contributed by atoms with E-state index in [9.17, 15) is 15.0 Å². The molecule has 0 aromatic rings. The number of hydrogen-bond acceptors (Lipinski definition) is 3. The van der Waals surface area contributed by atoms with E-state index < -0.39 is 17.7 Å². The van der Waals surface area contributed by atoms with Gasteiger partial charge in [0, 0.05) is 6.61 Å². The molecule has 1 aliphatic heterocycles. The highest BCUT2D eigenvalue weighted by Gasteiger charge is 2.46. The summed E-state index contributed by atoms with van der Waals surface area (Å²) in [6.07, 6.45) is 9.29. The smallest absolute Gasteiger partial charge is 0.338 e. The van der Waals surface area contributed by atoms with Crippen molar-refractivity contribution in [3.63, 3.8) is 0 Å². The first-order chi connectivity index (χ1) is 9.13. The lowest BCUT2D eigenvalue weighted by molar-refractivity contribution is -0.186. The number of carboxylic acid groups (broad SMARTS) is 1. The van der Waals surface area contributed by atoms with Gasteiger partial charge in [-0.15, -0.1) is 0 Å². The van der Waals surface area contributed by atoms with E-state index in [2.05, 4.69) is 0 Å². The van der Waals surface area contributed by atoms with E-state index in [0.29, 0.717) is 25.4 Å². The molecule has 4 heteroatoms. The van der Waals surface area contributed by atoms with Gasteiger partial charge in [0.2, 0.25) is 0 Å². The second-order valence-electron chi connectivity index (χ2n) is 6.15. The molecule has 110 valence electrons. The van der Waals surface area contributed by atoms with Gasteiger partial charge in [-0.1, -0.05) is 38.5 Å². The number of ether oxygens (including phenoxy) is 1. The predicted octanol–water partition coefficient (Wildman–Crippen LogP) is 2.73. The van der Waals surface area contributed by atoms with Crippen LogP contribution in [0.1, 0.15) is 64.2 Å². The van der Waals surface area contributed by atoms with Crippen molar-refractivity contribution in [2.24, 2.45) is 5.92 Å². The predicted molar refractivity (Wildman–Crippen MR) is 72.0 cm³/mol. The third kappa shape index (κ3) is 3.69. The molecule has 1 saturated carbocycles. The number of rotatable bonds is 4. The zero-order chi connectivity index (χ0) is 13.7. The van der Waals surface area contributed by atoms with Crippen molar-refractivity contribution in [3.8, 4) is 0 Å². The summed E-state index contributed by atoms with van der Waals surface area (Å²) >= 11 is 0. The highest BCUT2D eigenvalue weighted by molar-refractivity contribution is 5.78. The second kappa shape index (κ2) is 6.71. The van der Waals surface area contributed by atoms with E-state index in [1.807, 2.05) is 0 Å². The molecule has 0 spiro atoms. The Hall–Kier alpha value is -0.610. The van der Waals surface area contributed by atoms with Gasteiger partial charge < -0.3 is 14.9 Å². The lowest BCUT2D eigenvalue weighted by Gasteiger charge is -2.37. The van der Waals surface area contributed by atoms with Gasteiger partial charge >= 0.3 is 5.97 Å². The molecule has 2 aliphatic rings. The van der Waals surface area contributed by atoms with Crippen LogP contribution in [0.2, 0.25) is 0 Å². The number of aliphatic hydroxyl groups is 1. The molecule has 0 aromatic carbocycles. The van der Waals surface area contributed by atoms with Gasteiger partial charge in [-0.3, -0.25) is 0 Å². The van der Waals surface area contributed by atoms with Crippen molar-refractivity contribution in [1.29, 1.82) is 0 Å². The average molecular weight is 270 g/mol. The number of aliphatic carboxylic acids is 1. The number of carboxylic acids is 1. The Balaban J connectivity index is 2.02. The Morgan fingerprint density at radius 2 is 1.68 bits per heavy atom. The van der Waals surface area contributed by atoms with Crippen LogP contribution in [0.25, 0.3) is 0 Å². The summed E-state index contributed by atoms with van der Waals surface area (Å²) in [5.41, 5.74) is -1.69. The van der Waals surface area contributed by atoms with Gasteiger partial charge in [0.15, 0.2) is 5.60 Å². The molecule has 1 heterocycles. The fourth-order valence-electron chi connectivity index (χ4n) is 3.48. The first-order valence-electron chi connectivity index (χ1n) is 7.70. The molecule has 0 radical (unpaired) electrons. The largest absolute Gasteiger partial charge is 0.479 e. The van der Waals surface area contributed by atoms with Gasteiger partial charge in [0.05, 0.1) is 6.10 Å². The number of hydrogen-bond donors (Lipinski definition) is 2. The molecule has 2 unspecified atom stereocenters. The first kappa shape index (κ1) is 14.8. The molecule has 4 nitrogen and oxygen atoms in total. The Morgan fingerprint density at radius 3 is 2.21 bits per heavy atom. The minimum Gasteiger partial charge on any atom is -0.479 e. The van der Waals surface area contributed by atoms with Crippen molar-refractivity contribution in [2.45, 2.75) is 75.9 Å². The van der Waals surface area contributed by atoms with Crippen LogP contribution in [-0.4, -0.2) is 34.5 Å². The van der Waals surface area contributed by atoms with Gasteiger partial charge in [-0.25, -0.2) is 4.79 Å². The molecular formula is C15H26O4. The van der Waals surface area contributed by atoms with E-state index in [1.165, 1.54) is 12.8 Å². The zero-order valence-electron chi connectivity index (χ0n) is 11.6. The molecule has 19 heavy (non-hydrogen) atoms. The maximum atomic E-state index is 11.6. The Labute approximate surface area is 115 Å². The van der Waals surface area contributed by atoms with Gasteiger partial charge in [0.25, 0.3) is 0 Å². The molecule has 2 N–H and O–H groups in total. The SMILES string of the molecule is O=C(O)C(O)(CC1CCCCCC1)C1CCCCO1. The van der Waals surface area contributed by atoms with Gasteiger partial charge in [0.1, 0.15) is 0 Å². The van der Waals surface area contributed by atoms with Crippen LogP contribution >= 0.6 is 0 Å². The first-order valence-corrected chi connectivity index (χ1v) is 7.70. The minimum absolute atomic E-state index is 0.328. The molecule has 0 bridgehead atoms. The van der Waals surface area contributed by atoms with Crippen LogP contribution in [0.3, 0.4) is 0 Å². The highest BCUT2D eigenvalue weighted by atomic mass is 16.5. The Kier molecular flexibility index (Phi) is 5.22. The molecular weight excluding hydrogens is 244 g/mol. The monoisotopic (exact) mass is 270 g/mol. The summed E-state index contributed by atoms with van der Waals surface area (Å²) in [6, 6.07) is 0. The molecule has 0 amide bonds. The molecule has 1 aliphatic carbocycles. The highest BCUT2D eigenvalue weighted by Crippen LogP contribution is 2.35. The lowest BCUT2D eigenvalue weighted by atomic mass is 9.80. The third-order valence-electron chi connectivity index (χ3n) is 4.66. The minimum atomic E-state index is -1.69. The summed E-state index contributed by atoms with van der Waals surface area (Å²) in [7, 11) is 0. The van der Waals surface area contributed by atoms with E-state index in [1.54, 1.807) is 0 Å². The Bertz CT molecular complexity index is 291. The van der Waals surface area contributed by atoms with Crippen molar-refractivity contribution >= 4 is 5.97 Å². The van der Waals surface area contributed by atoms with Crippen LogP contribution in [0, 0.1) is 5.92 Å². The number of carbonyl (C=O) groups is 1. The maximum Gasteiger partial charge on any atom is 0.338 e. The quantitative estimate of drug-likeness (QED) is 0.771. The summed E-state index contributed by atoms with van der Waals surface area (Å²) in [6.45, 7) is 0.574. The average Bonchev–Trinajstić information content (AvgIpc) is 2.68. The van der Waals surface area contributed by atoms with Crippen LogP contribution in [-0.2, 0) is 9.53 Å². The van der Waals surface area contributed by atoms with Crippen LogP contribution in [0.15, 0.2) is 0 Å². The van der Waals surface area contributed by atoms with Crippen molar-refractivity contribution in [1.82, 2.24) is 0 Å². The van der Waals surface area contributed by atoms with Gasteiger partial charge in [-0.05, 0) is 31.6 Å². The standard InChI is InChI=1S/C15H26O4/c16-14(17)15(18,13-9-5-6-10-19-13)11-12-7-3-1-2-4-8-12/h12-13,18H,1-11H2,(H,16,17).